The summed E-state index contributed by atoms with van der Waals surface area (Å²) in [5.74, 6) is 2.70. The van der Waals surface area contributed by atoms with Crippen LogP contribution in [0, 0.1) is 13.8 Å². The maximum absolute atomic E-state index is 13.0. The average Bonchev–Trinajstić information content (AvgIpc) is 3.13. The van der Waals surface area contributed by atoms with Gasteiger partial charge in [0, 0.05) is 56.3 Å². The monoisotopic (exact) mass is 687 g/mol. The van der Waals surface area contributed by atoms with Crippen molar-refractivity contribution in [1.29, 1.82) is 0 Å². The van der Waals surface area contributed by atoms with Crippen molar-refractivity contribution in [2.75, 3.05) is 32.8 Å². The first-order chi connectivity index (χ1) is 24.4. The molecule has 1 amide bonds. The van der Waals surface area contributed by atoms with E-state index in [9.17, 15) is 4.79 Å². The molecule has 5 aromatic rings. The molecular formula is C42H42ClN3O4. The number of ether oxygens (including phenoxy) is 3. The lowest BCUT2D eigenvalue weighted by molar-refractivity contribution is -0.127. The van der Waals surface area contributed by atoms with Gasteiger partial charge in [0.15, 0.2) is 0 Å². The van der Waals surface area contributed by atoms with E-state index in [1.54, 1.807) is 18.3 Å². The number of carbonyl (C=O) groups is 1. The number of aromatic nitrogens is 1. The normalized spacial score (nSPS) is 13.4. The van der Waals surface area contributed by atoms with Crippen LogP contribution in [-0.2, 0) is 24.4 Å². The summed E-state index contributed by atoms with van der Waals surface area (Å²) in [5.41, 5.74) is 6.81. The number of benzene rings is 4. The molecule has 0 atom stereocenters. The molecule has 0 aliphatic carbocycles. The highest BCUT2D eigenvalue weighted by atomic mass is 35.5. The molecule has 2 heterocycles. The highest BCUT2D eigenvalue weighted by molar-refractivity contribution is 6.30. The molecule has 1 aromatic heterocycles. The number of carbonyl (C=O) groups excluding carboxylic acids is 1. The molecule has 0 radical (unpaired) electrons. The summed E-state index contributed by atoms with van der Waals surface area (Å²) in [6.07, 6.45) is 6.06. The van der Waals surface area contributed by atoms with Gasteiger partial charge in [-0.2, -0.15) is 0 Å². The topological polar surface area (TPSA) is 64.1 Å². The first kappa shape index (κ1) is 34.7. The highest BCUT2D eigenvalue weighted by Crippen LogP contribution is 2.25. The molecule has 1 aliphatic rings. The fourth-order valence-corrected chi connectivity index (χ4v) is 5.79. The van der Waals surface area contributed by atoms with Gasteiger partial charge in [-0.25, -0.2) is 4.98 Å². The Morgan fingerprint density at radius 2 is 1.44 bits per heavy atom. The van der Waals surface area contributed by atoms with Crippen molar-refractivity contribution < 1.29 is 19.0 Å². The van der Waals surface area contributed by atoms with Crippen LogP contribution in [-0.4, -0.2) is 53.5 Å². The number of hydrogen-bond donors (Lipinski definition) is 0. The van der Waals surface area contributed by atoms with E-state index < -0.39 is 0 Å². The van der Waals surface area contributed by atoms with Crippen LogP contribution in [0.5, 0.6) is 23.1 Å². The van der Waals surface area contributed by atoms with Gasteiger partial charge < -0.3 is 19.1 Å². The number of nitrogens with zero attached hydrogens (tertiary/aromatic N) is 3. The molecule has 8 heteroatoms. The van der Waals surface area contributed by atoms with Crippen LogP contribution in [0.3, 0.4) is 0 Å². The lowest BCUT2D eigenvalue weighted by Gasteiger charge is -2.34. The number of pyridine rings is 1. The summed E-state index contributed by atoms with van der Waals surface area (Å²) in [4.78, 5) is 21.7. The van der Waals surface area contributed by atoms with Gasteiger partial charge in [-0.15, -0.1) is 0 Å². The van der Waals surface area contributed by atoms with Gasteiger partial charge in [0.05, 0.1) is 12.8 Å². The van der Waals surface area contributed by atoms with Crippen molar-refractivity contribution in [1.82, 2.24) is 14.8 Å². The maximum atomic E-state index is 13.0. The zero-order valence-electron chi connectivity index (χ0n) is 28.6. The first-order valence-corrected chi connectivity index (χ1v) is 17.3. The third kappa shape index (κ3) is 10.2. The van der Waals surface area contributed by atoms with Crippen LogP contribution in [0.1, 0.15) is 33.4 Å². The van der Waals surface area contributed by atoms with Crippen LogP contribution >= 0.6 is 11.6 Å². The number of amides is 1. The Morgan fingerprint density at radius 1 is 0.760 bits per heavy atom. The Hall–Kier alpha value is -5.11. The minimum atomic E-state index is 0.0310. The summed E-state index contributed by atoms with van der Waals surface area (Å²) < 4.78 is 17.7. The molecule has 1 saturated heterocycles. The molecule has 1 aliphatic heterocycles. The zero-order chi connectivity index (χ0) is 34.7. The van der Waals surface area contributed by atoms with Crippen molar-refractivity contribution in [3.8, 4) is 23.1 Å². The van der Waals surface area contributed by atoms with Gasteiger partial charge in [-0.1, -0.05) is 71.8 Å². The molecule has 256 valence electrons. The Balaban J connectivity index is 0.911. The summed E-state index contributed by atoms with van der Waals surface area (Å²) in [6.45, 7) is 9.14. The van der Waals surface area contributed by atoms with E-state index >= 15 is 0 Å². The van der Waals surface area contributed by atoms with Gasteiger partial charge in [-0.3, -0.25) is 9.69 Å². The van der Waals surface area contributed by atoms with Crippen molar-refractivity contribution in [3.05, 3.63) is 154 Å². The number of aryl methyl sites for hydroxylation is 2. The van der Waals surface area contributed by atoms with E-state index in [4.69, 9.17) is 25.8 Å². The Bertz CT molecular complexity index is 1870. The fraction of sp³-hybridized carbons (Fsp3) is 0.238. The number of halogens is 1. The quantitative estimate of drug-likeness (QED) is 0.115. The molecule has 0 N–H and O–H groups in total. The van der Waals surface area contributed by atoms with Gasteiger partial charge in [0.2, 0.25) is 11.8 Å². The SMILES string of the molecule is Cc1ccc(COc2ccc(Oc3ccc(/C=C/C(=O)N4CCN(Cc5ccc(CCOc6ccc(Cl)cc6)cc5)CC4)c(C)c3)nc2)cc1. The lowest BCUT2D eigenvalue weighted by atomic mass is 10.1. The zero-order valence-corrected chi connectivity index (χ0v) is 29.3. The lowest BCUT2D eigenvalue weighted by Crippen LogP contribution is -2.47. The summed E-state index contributed by atoms with van der Waals surface area (Å²) in [6, 6.07) is 33.9. The van der Waals surface area contributed by atoms with Crippen molar-refractivity contribution in [3.63, 3.8) is 0 Å². The van der Waals surface area contributed by atoms with Crippen molar-refractivity contribution in [2.24, 2.45) is 0 Å². The average molecular weight is 688 g/mol. The molecule has 50 heavy (non-hydrogen) atoms. The van der Waals surface area contributed by atoms with E-state index in [1.807, 2.05) is 66.4 Å². The molecule has 4 aromatic carbocycles. The van der Waals surface area contributed by atoms with E-state index in [-0.39, 0.29) is 5.91 Å². The molecular weight excluding hydrogens is 646 g/mol. The largest absolute Gasteiger partial charge is 0.493 e. The molecule has 7 nitrogen and oxygen atoms in total. The molecule has 0 unspecified atom stereocenters. The van der Waals surface area contributed by atoms with Crippen LogP contribution < -0.4 is 14.2 Å². The minimum absolute atomic E-state index is 0.0310. The number of piperazine rings is 1. The Kier molecular flexibility index (Phi) is 11.8. The first-order valence-electron chi connectivity index (χ1n) is 16.9. The second kappa shape index (κ2) is 17.0. The van der Waals surface area contributed by atoms with E-state index in [1.165, 1.54) is 16.7 Å². The fourth-order valence-electron chi connectivity index (χ4n) is 5.66. The molecule has 6 rings (SSSR count). The molecule has 1 fully saturated rings. The molecule has 0 spiro atoms. The van der Waals surface area contributed by atoms with E-state index in [0.717, 1.165) is 48.5 Å². The van der Waals surface area contributed by atoms with Crippen LogP contribution in [0.4, 0.5) is 0 Å². The van der Waals surface area contributed by atoms with Gasteiger partial charge in [0.1, 0.15) is 23.9 Å². The van der Waals surface area contributed by atoms with Gasteiger partial charge in [0.25, 0.3) is 0 Å². The summed E-state index contributed by atoms with van der Waals surface area (Å²) in [5, 5.41) is 0.704. The van der Waals surface area contributed by atoms with Crippen molar-refractivity contribution in [2.45, 2.75) is 33.4 Å². The number of hydrogen-bond acceptors (Lipinski definition) is 6. The maximum Gasteiger partial charge on any atom is 0.246 e. The summed E-state index contributed by atoms with van der Waals surface area (Å²) >= 11 is 5.94. The third-order valence-corrected chi connectivity index (χ3v) is 8.94. The van der Waals surface area contributed by atoms with E-state index in [2.05, 4.69) is 65.3 Å². The van der Waals surface area contributed by atoms with Crippen LogP contribution in [0.15, 0.2) is 115 Å². The molecule has 0 saturated carbocycles. The smallest absolute Gasteiger partial charge is 0.246 e. The van der Waals surface area contributed by atoms with Gasteiger partial charge in [-0.05, 0) is 90.2 Å². The standard InChI is InChI=1S/C42H42ClN3O4/c1-31-3-5-35(6-4-31)30-49-40-18-19-41(44-28-40)50-39-15-11-36(32(2)27-39)12-20-42(47)46-24-22-45(23-25-46)29-34-9-7-33(8-10-34)21-26-48-38-16-13-37(43)14-17-38/h3-20,27-28H,21-26,29-30H2,1-2H3/b20-12+. The van der Waals surface area contributed by atoms with Crippen LogP contribution in [0.25, 0.3) is 6.08 Å². The Morgan fingerprint density at radius 3 is 2.14 bits per heavy atom. The highest BCUT2D eigenvalue weighted by Gasteiger charge is 2.19. The second-order valence-corrected chi connectivity index (χ2v) is 13.0. The van der Waals surface area contributed by atoms with Crippen molar-refractivity contribution >= 4 is 23.6 Å². The van der Waals surface area contributed by atoms with E-state index in [0.29, 0.717) is 48.7 Å². The third-order valence-electron chi connectivity index (χ3n) is 8.69. The predicted molar refractivity (Wildman–Crippen MR) is 199 cm³/mol. The van der Waals surface area contributed by atoms with Crippen LogP contribution in [0.2, 0.25) is 5.02 Å². The minimum Gasteiger partial charge on any atom is -0.493 e. The second-order valence-electron chi connectivity index (χ2n) is 12.5. The molecule has 0 bridgehead atoms. The predicted octanol–water partition coefficient (Wildman–Crippen LogP) is 8.70. The number of rotatable bonds is 13. The summed E-state index contributed by atoms with van der Waals surface area (Å²) in [7, 11) is 0. The Labute approximate surface area is 299 Å². The van der Waals surface area contributed by atoms with Gasteiger partial charge >= 0.3 is 0 Å².